The zero-order valence-corrected chi connectivity index (χ0v) is 27.2. The summed E-state index contributed by atoms with van der Waals surface area (Å²) in [6, 6.07) is 35.3. The largest absolute Gasteiger partial charge is 0.494 e. The average Bonchev–Trinajstić information content (AvgIpc) is 3.35. The topological polar surface area (TPSA) is 36.9 Å². The average molecular weight is 584 g/mol. The van der Waals surface area contributed by atoms with Crippen LogP contribution in [0, 0.1) is 0 Å². The van der Waals surface area contributed by atoms with Crippen molar-refractivity contribution in [1.29, 1.82) is 0 Å². The molecule has 1 aliphatic carbocycles. The van der Waals surface area contributed by atoms with Crippen LogP contribution in [-0.2, 0) is 18.6 Å². The van der Waals surface area contributed by atoms with Gasteiger partial charge in [-0.25, -0.2) is 0 Å². The number of benzene rings is 4. The highest BCUT2D eigenvalue weighted by atomic mass is 16.7. The molecule has 2 fully saturated rings. The third-order valence-electron chi connectivity index (χ3n) is 10.8. The molecule has 0 N–H and O–H groups in total. The Hall–Kier alpha value is -3.15. The zero-order valence-electron chi connectivity index (χ0n) is 27.2. The molecule has 224 valence electrons. The summed E-state index contributed by atoms with van der Waals surface area (Å²) in [7, 11) is -0.854. The van der Waals surface area contributed by atoms with Gasteiger partial charge in [-0.1, -0.05) is 97.1 Å². The number of hydrogen-bond donors (Lipinski definition) is 0. The van der Waals surface area contributed by atoms with Gasteiger partial charge >= 0.3 is 14.2 Å². The van der Waals surface area contributed by atoms with Crippen LogP contribution in [0.5, 0.6) is 0 Å². The summed E-state index contributed by atoms with van der Waals surface area (Å²) in [5, 5.41) is 0. The standard InChI is InChI=1S/C38H42B2O4/c1-35(2)36(3,4)42-39(41-35)27-19-21-29-31(23-27)33(25-15-11-9-12-16-25)30-22-20-28(40-43-37(5,6)38(7,8)44-40)24-32(30)34(29)26-17-13-10-14-18-26/h9-24,33-34H,1-8H3. The number of hydrogen-bond acceptors (Lipinski definition) is 4. The molecule has 2 unspecified atom stereocenters. The van der Waals surface area contributed by atoms with E-state index < -0.39 is 36.6 Å². The Balaban J connectivity index is 1.41. The van der Waals surface area contributed by atoms with Crippen LogP contribution in [0.3, 0.4) is 0 Å². The minimum absolute atomic E-state index is 0.0517. The first-order valence-electron chi connectivity index (χ1n) is 15.9. The van der Waals surface area contributed by atoms with Crippen molar-refractivity contribution < 1.29 is 18.6 Å². The van der Waals surface area contributed by atoms with Gasteiger partial charge in [-0.05, 0) is 99.7 Å². The lowest BCUT2D eigenvalue weighted by Crippen LogP contribution is -2.41. The molecule has 2 aliphatic heterocycles. The fourth-order valence-electron chi connectivity index (χ4n) is 6.81. The molecule has 0 radical (unpaired) electrons. The van der Waals surface area contributed by atoms with E-state index in [1.54, 1.807) is 0 Å². The van der Waals surface area contributed by atoms with E-state index in [1.807, 2.05) is 0 Å². The fraction of sp³-hybridized carbons (Fsp3) is 0.368. The third kappa shape index (κ3) is 4.70. The molecule has 3 aliphatic rings. The summed E-state index contributed by atoms with van der Waals surface area (Å²) < 4.78 is 26.1. The summed E-state index contributed by atoms with van der Waals surface area (Å²) in [6.07, 6.45) is 0. The van der Waals surface area contributed by atoms with Gasteiger partial charge in [0.15, 0.2) is 0 Å². The maximum Gasteiger partial charge on any atom is 0.494 e. The molecule has 2 saturated heterocycles. The Labute approximate surface area is 263 Å². The first-order chi connectivity index (χ1) is 20.8. The van der Waals surface area contributed by atoms with Crippen LogP contribution in [-0.4, -0.2) is 36.6 Å². The predicted molar refractivity (Wildman–Crippen MR) is 179 cm³/mol. The van der Waals surface area contributed by atoms with Crippen molar-refractivity contribution in [1.82, 2.24) is 0 Å². The molecule has 2 heterocycles. The highest BCUT2D eigenvalue weighted by molar-refractivity contribution is 6.62. The van der Waals surface area contributed by atoms with E-state index in [1.165, 1.54) is 33.4 Å². The van der Waals surface area contributed by atoms with E-state index in [0.29, 0.717) is 0 Å². The van der Waals surface area contributed by atoms with Gasteiger partial charge in [0.2, 0.25) is 0 Å². The van der Waals surface area contributed by atoms with Gasteiger partial charge in [0, 0.05) is 11.8 Å². The molecule has 0 bridgehead atoms. The second-order valence-corrected chi connectivity index (χ2v) is 14.6. The Kier molecular flexibility index (Phi) is 6.84. The van der Waals surface area contributed by atoms with Gasteiger partial charge < -0.3 is 18.6 Å². The SMILES string of the molecule is CC1(C)OB(c2ccc3c(c2)C(c2ccccc2)c2ccc(B4OC(C)(C)C(C)(C)O4)cc2C3c2ccccc2)OC1(C)C. The quantitative estimate of drug-likeness (QED) is 0.214. The van der Waals surface area contributed by atoms with Crippen molar-refractivity contribution in [2.24, 2.45) is 0 Å². The third-order valence-corrected chi connectivity index (χ3v) is 10.8. The molecule has 6 heteroatoms. The molecule has 2 atom stereocenters. The van der Waals surface area contributed by atoms with Gasteiger partial charge in [-0.2, -0.15) is 0 Å². The second kappa shape index (κ2) is 10.2. The van der Waals surface area contributed by atoms with Crippen molar-refractivity contribution >= 4 is 25.2 Å². The van der Waals surface area contributed by atoms with Crippen molar-refractivity contribution in [3.05, 3.63) is 130 Å². The first kappa shape index (κ1) is 29.6. The van der Waals surface area contributed by atoms with E-state index in [9.17, 15) is 0 Å². The molecule has 0 aromatic heterocycles. The minimum atomic E-state index is -0.427. The van der Waals surface area contributed by atoms with Gasteiger partial charge in [-0.3, -0.25) is 0 Å². The molecule has 4 aromatic rings. The summed E-state index contributed by atoms with van der Waals surface area (Å²) in [6.45, 7) is 16.9. The molecule has 4 nitrogen and oxygen atoms in total. The van der Waals surface area contributed by atoms with E-state index >= 15 is 0 Å². The Morgan fingerprint density at radius 3 is 1.05 bits per heavy atom. The van der Waals surface area contributed by atoms with Crippen LogP contribution in [0.15, 0.2) is 97.1 Å². The highest BCUT2D eigenvalue weighted by Gasteiger charge is 2.53. The van der Waals surface area contributed by atoms with Crippen LogP contribution in [0.25, 0.3) is 0 Å². The van der Waals surface area contributed by atoms with Gasteiger partial charge in [0.1, 0.15) is 0 Å². The van der Waals surface area contributed by atoms with Crippen LogP contribution in [0.1, 0.15) is 101 Å². The molecule has 0 spiro atoms. The lowest BCUT2D eigenvalue weighted by molar-refractivity contribution is 0.00578. The monoisotopic (exact) mass is 584 g/mol. The van der Waals surface area contributed by atoms with Crippen LogP contribution < -0.4 is 10.9 Å². The van der Waals surface area contributed by atoms with Gasteiger partial charge in [0.25, 0.3) is 0 Å². The number of fused-ring (bicyclic) bond motifs is 2. The summed E-state index contributed by atoms with van der Waals surface area (Å²) in [5.41, 5.74) is 8.15. The lowest BCUT2D eigenvalue weighted by Gasteiger charge is -2.36. The van der Waals surface area contributed by atoms with Gasteiger partial charge in [-0.15, -0.1) is 0 Å². The molecule has 4 aromatic carbocycles. The molecule has 7 rings (SSSR count). The summed E-state index contributed by atoms with van der Waals surface area (Å²) >= 11 is 0. The zero-order chi connectivity index (χ0) is 31.1. The van der Waals surface area contributed by atoms with Gasteiger partial charge in [0.05, 0.1) is 22.4 Å². The minimum Gasteiger partial charge on any atom is -0.399 e. The van der Waals surface area contributed by atoms with E-state index in [0.717, 1.165) is 10.9 Å². The smallest absolute Gasteiger partial charge is 0.399 e. The molecule has 0 amide bonds. The maximum atomic E-state index is 6.52. The van der Waals surface area contributed by atoms with Crippen molar-refractivity contribution in [2.75, 3.05) is 0 Å². The Morgan fingerprint density at radius 1 is 0.409 bits per heavy atom. The van der Waals surface area contributed by atoms with Crippen molar-refractivity contribution in [3.8, 4) is 0 Å². The van der Waals surface area contributed by atoms with Crippen LogP contribution >= 0.6 is 0 Å². The molecular formula is C38H42B2O4. The Morgan fingerprint density at radius 2 is 0.727 bits per heavy atom. The van der Waals surface area contributed by atoms with E-state index in [2.05, 4.69) is 152 Å². The van der Waals surface area contributed by atoms with Crippen molar-refractivity contribution in [2.45, 2.75) is 89.6 Å². The first-order valence-corrected chi connectivity index (χ1v) is 15.9. The van der Waals surface area contributed by atoms with E-state index in [4.69, 9.17) is 18.6 Å². The second-order valence-electron chi connectivity index (χ2n) is 14.6. The Bertz CT molecular complexity index is 1540. The molecular weight excluding hydrogens is 542 g/mol. The van der Waals surface area contributed by atoms with Crippen molar-refractivity contribution in [3.63, 3.8) is 0 Å². The summed E-state index contributed by atoms with van der Waals surface area (Å²) in [5.74, 6) is 0.103. The molecule has 44 heavy (non-hydrogen) atoms. The van der Waals surface area contributed by atoms with Crippen LogP contribution in [0.2, 0.25) is 0 Å². The van der Waals surface area contributed by atoms with E-state index in [-0.39, 0.29) is 11.8 Å². The normalized spacial score (nSPS) is 24.2. The predicted octanol–water partition coefficient (Wildman–Crippen LogP) is 6.96. The molecule has 0 saturated carbocycles. The lowest BCUT2D eigenvalue weighted by atomic mass is 9.64. The fourth-order valence-corrected chi connectivity index (χ4v) is 6.81. The number of rotatable bonds is 4. The summed E-state index contributed by atoms with van der Waals surface area (Å²) in [4.78, 5) is 0. The maximum absolute atomic E-state index is 6.52. The highest BCUT2D eigenvalue weighted by Crippen LogP contribution is 2.49. The van der Waals surface area contributed by atoms with Crippen LogP contribution in [0.4, 0.5) is 0 Å².